The number of fused-ring (bicyclic) bond motifs is 9. The minimum atomic E-state index is 0.583. The minimum Gasteiger partial charge on any atom is -0.373 e. The van der Waals surface area contributed by atoms with Gasteiger partial charge in [0, 0.05) is 0 Å². The molecule has 10 fully saturated rings. The van der Waals surface area contributed by atoms with Crippen molar-refractivity contribution < 1.29 is 23.7 Å². The van der Waals surface area contributed by atoms with Crippen molar-refractivity contribution >= 4 is 0 Å². The third-order valence-electron chi connectivity index (χ3n) is 10.9. The van der Waals surface area contributed by atoms with Crippen LogP contribution in [-0.4, -0.2) is 62.0 Å². The van der Waals surface area contributed by atoms with E-state index in [1.54, 1.807) is 6.42 Å². The van der Waals surface area contributed by atoms with Crippen molar-refractivity contribution in [2.75, 3.05) is 13.2 Å². The average Bonchev–Trinajstić information content (AvgIpc) is 3.68. The van der Waals surface area contributed by atoms with Crippen molar-refractivity contribution in [1.82, 2.24) is 0 Å². The van der Waals surface area contributed by atoms with E-state index in [1.807, 2.05) is 0 Å². The Morgan fingerprint density at radius 1 is 0.611 bits per heavy atom. The first-order valence-corrected chi connectivity index (χ1v) is 15.6. The predicted molar refractivity (Wildman–Crippen MR) is 140 cm³/mol. The number of epoxide rings is 5. The third kappa shape index (κ3) is 6.17. The number of ether oxygens (including phenoxy) is 5. The highest BCUT2D eigenvalue weighted by molar-refractivity contribution is 5.13. The van der Waals surface area contributed by atoms with E-state index in [4.69, 9.17) is 23.7 Å². The van der Waals surface area contributed by atoms with Crippen molar-refractivity contribution in [2.45, 2.75) is 141 Å². The summed E-state index contributed by atoms with van der Waals surface area (Å²) in [5.74, 6) is 7.01. The molecule has 10 aliphatic rings. The van der Waals surface area contributed by atoms with Gasteiger partial charge < -0.3 is 23.7 Å². The standard InChI is InChI=1S/C11H16O.C7H12O.C6H10O.C4H8O.C3H6O/c1-5-2-6-3-7(5)8-4-9-11(12-9)10(6)8;1-5-3-2-4-6-7(5)8-6;1-4-2-3-5-6(4)7-5;1-2-4-3-5-4;1-3-2-4-3/h5-11H,2-4H2,1H3;5-7H,2-4H2,1H3;4-6H,2-3H2,1H3;4H,2-3H2,1H3;3H,2H2,1H3. The van der Waals surface area contributed by atoms with Crippen molar-refractivity contribution in [3.05, 3.63) is 0 Å². The molecule has 5 saturated carbocycles. The first-order chi connectivity index (χ1) is 17.4. The van der Waals surface area contributed by atoms with Crippen molar-refractivity contribution in [3.63, 3.8) is 0 Å². The summed E-state index contributed by atoms with van der Waals surface area (Å²) in [6.07, 6.45) is 17.9. The number of hydrogen-bond donors (Lipinski definition) is 0. The van der Waals surface area contributed by atoms with E-state index < -0.39 is 0 Å². The second kappa shape index (κ2) is 10.8. The van der Waals surface area contributed by atoms with Gasteiger partial charge in [-0.15, -0.1) is 0 Å². The van der Waals surface area contributed by atoms with Crippen molar-refractivity contribution in [2.24, 2.45) is 41.4 Å². The van der Waals surface area contributed by atoms with Crippen LogP contribution in [0.25, 0.3) is 0 Å². The Morgan fingerprint density at radius 3 is 1.69 bits per heavy atom. The predicted octanol–water partition coefficient (Wildman–Crippen LogP) is 6.02. The highest BCUT2D eigenvalue weighted by atomic mass is 16.6. The lowest BCUT2D eigenvalue weighted by Gasteiger charge is -2.30. The van der Waals surface area contributed by atoms with E-state index in [2.05, 4.69) is 34.6 Å². The zero-order valence-electron chi connectivity index (χ0n) is 23.5. The normalized spacial score (nSPS) is 55.8. The molecular weight excluding hydrogens is 452 g/mol. The average molecular weight is 505 g/mol. The maximum Gasteiger partial charge on any atom is 0.0875 e. The summed E-state index contributed by atoms with van der Waals surface area (Å²) in [6.45, 7) is 13.2. The Labute approximate surface area is 219 Å². The van der Waals surface area contributed by atoms with E-state index in [0.717, 1.165) is 66.8 Å². The van der Waals surface area contributed by atoms with Crippen LogP contribution in [0.1, 0.15) is 92.4 Å². The second-order valence-corrected chi connectivity index (χ2v) is 13.7. The van der Waals surface area contributed by atoms with Crippen molar-refractivity contribution in [3.8, 4) is 0 Å². The lowest BCUT2D eigenvalue weighted by atomic mass is 9.76. The van der Waals surface area contributed by atoms with Crippen LogP contribution in [0.4, 0.5) is 0 Å². The Balaban J connectivity index is 0.0000000884. The van der Waals surface area contributed by atoms with Gasteiger partial charge in [-0.3, -0.25) is 0 Å². The molecule has 0 aromatic carbocycles. The molecule has 5 saturated heterocycles. The van der Waals surface area contributed by atoms with Gasteiger partial charge in [0.25, 0.3) is 0 Å². The summed E-state index contributed by atoms with van der Waals surface area (Å²) in [6, 6.07) is 0. The van der Waals surface area contributed by atoms with Gasteiger partial charge in [0.2, 0.25) is 0 Å². The van der Waals surface area contributed by atoms with Crippen molar-refractivity contribution in [1.29, 1.82) is 0 Å². The summed E-state index contributed by atoms with van der Waals surface area (Å²) in [5.41, 5.74) is 0. The van der Waals surface area contributed by atoms with Gasteiger partial charge in [0.05, 0.1) is 62.0 Å². The summed E-state index contributed by atoms with van der Waals surface area (Å²) < 4.78 is 25.9. The van der Waals surface area contributed by atoms with Crippen LogP contribution in [0.3, 0.4) is 0 Å². The van der Waals surface area contributed by atoms with Gasteiger partial charge in [-0.2, -0.15) is 0 Å². The molecular formula is C31H52O5. The molecule has 0 aromatic heterocycles. The van der Waals surface area contributed by atoms with Gasteiger partial charge in [0.15, 0.2) is 0 Å². The smallest absolute Gasteiger partial charge is 0.0875 e. The SMILES string of the molecule is CC1CC2CC1C1CC3OC3C21.CC1CCC2OC12.CC1CCCC2OC12.CC1CO1.CCC1CO1. The van der Waals surface area contributed by atoms with E-state index in [0.29, 0.717) is 36.6 Å². The Bertz CT molecular complexity index is 736. The summed E-state index contributed by atoms with van der Waals surface area (Å²) in [4.78, 5) is 0. The molecule has 0 aromatic rings. The zero-order chi connectivity index (χ0) is 25.0. The molecule has 206 valence electrons. The highest BCUT2D eigenvalue weighted by Crippen LogP contribution is 2.65. The molecule has 2 bridgehead atoms. The fraction of sp³-hybridized carbons (Fsp3) is 1.00. The summed E-state index contributed by atoms with van der Waals surface area (Å²) >= 11 is 0. The molecule has 15 atom stereocenters. The Morgan fingerprint density at radius 2 is 1.25 bits per heavy atom. The second-order valence-electron chi connectivity index (χ2n) is 13.7. The highest BCUT2D eigenvalue weighted by Gasteiger charge is 2.65. The monoisotopic (exact) mass is 504 g/mol. The lowest BCUT2D eigenvalue weighted by molar-refractivity contribution is 0.119. The molecule has 5 aliphatic carbocycles. The zero-order valence-corrected chi connectivity index (χ0v) is 23.5. The van der Waals surface area contributed by atoms with Crippen LogP contribution in [-0.2, 0) is 23.7 Å². The molecule has 15 unspecified atom stereocenters. The number of hydrogen-bond acceptors (Lipinski definition) is 5. The van der Waals surface area contributed by atoms with E-state index in [9.17, 15) is 0 Å². The summed E-state index contributed by atoms with van der Waals surface area (Å²) in [5, 5.41) is 0. The first kappa shape index (κ1) is 26.0. The Hall–Kier alpha value is -0.200. The van der Waals surface area contributed by atoms with E-state index in [-0.39, 0.29) is 0 Å². The largest absolute Gasteiger partial charge is 0.373 e. The molecule has 0 spiro atoms. The minimum absolute atomic E-state index is 0.583. The Kier molecular flexibility index (Phi) is 7.78. The van der Waals surface area contributed by atoms with Gasteiger partial charge in [0.1, 0.15) is 0 Å². The van der Waals surface area contributed by atoms with E-state index in [1.165, 1.54) is 51.4 Å². The molecule has 10 rings (SSSR count). The molecule has 5 aliphatic heterocycles. The number of rotatable bonds is 1. The van der Waals surface area contributed by atoms with Gasteiger partial charge >= 0.3 is 0 Å². The van der Waals surface area contributed by atoms with Gasteiger partial charge in [-0.05, 0) is 99.7 Å². The maximum absolute atomic E-state index is 5.65. The maximum atomic E-state index is 5.65. The van der Waals surface area contributed by atoms with Gasteiger partial charge in [-0.1, -0.05) is 34.1 Å². The van der Waals surface area contributed by atoms with Gasteiger partial charge in [-0.25, -0.2) is 0 Å². The first-order valence-electron chi connectivity index (χ1n) is 15.6. The van der Waals surface area contributed by atoms with Crippen LogP contribution in [0, 0.1) is 41.4 Å². The summed E-state index contributed by atoms with van der Waals surface area (Å²) in [7, 11) is 0. The van der Waals surface area contributed by atoms with Crippen LogP contribution in [0.2, 0.25) is 0 Å². The topological polar surface area (TPSA) is 62.6 Å². The van der Waals surface area contributed by atoms with Crippen LogP contribution in [0.15, 0.2) is 0 Å². The van der Waals surface area contributed by atoms with Crippen LogP contribution >= 0.6 is 0 Å². The molecule has 36 heavy (non-hydrogen) atoms. The lowest BCUT2D eigenvalue weighted by Crippen LogP contribution is -2.26. The molecule has 0 radical (unpaired) electrons. The molecule has 0 N–H and O–H groups in total. The fourth-order valence-corrected chi connectivity index (χ4v) is 8.25. The van der Waals surface area contributed by atoms with E-state index >= 15 is 0 Å². The molecule has 0 amide bonds. The molecule has 5 heteroatoms. The van der Waals surface area contributed by atoms with Crippen LogP contribution < -0.4 is 0 Å². The third-order valence-corrected chi connectivity index (χ3v) is 10.9. The molecule has 5 nitrogen and oxygen atoms in total. The molecule has 5 heterocycles. The fourth-order valence-electron chi connectivity index (χ4n) is 8.25. The quantitative estimate of drug-likeness (QED) is 0.408. The van der Waals surface area contributed by atoms with Crippen LogP contribution in [0.5, 0.6) is 0 Å².